The molecule has 2 fully saturated rings. The zero-order valence-corrected chi connectivity index (χ0v) is 17.0. The lowest BCUT2D eigenvalue weighted by molar-refractivity contribution is -0.131. The molecule has 2 aliphatic rings. The van der Waals surface area contributed by atoms with Crippen molar-refractivity contribution in [2.45, 2.75) is 57.2 Å². The molecule has 0 atom stereocenters. The van der Waals surface area contributed by atoms with E-state index in [2.05, 4.69) is 15.7 Å². The predicted molar refractivity (Wildman–Crippen MR) is 110 cm³/mol. The van der Waals surface area contributed by atoms with Crippen LogP contribution in [-0.4, -0.2) is 44.6 Å². The Kier molecular flexibility index (Phi) is 5.83. The highest BCUT2D eigenvalue weighted by atomic mass is 16.2. The summed E-state index contributed by atoms with van der Waals surface area (Å²) in [5, 5.41) is 9.95. The molecule has 4 amide bonds. The first-order valence-electron chi connectivity index (χ1n) is 10.5. The van der Waals surface area contributed by atoms with Crippen LogP contribution in [0.1, 0.15) is 49.7 Å². The molecule has 0 radical (unpaired) electrons. The van der Waals surface area contributed by atoms with E-state index in [0.29, 0.717) is 19.5 Å². The van der Waals surface area contributed by atoms with Crippen LogP contribution in [0.3, 0.4) is 0 Å². The lowest BCUT2D eigenvalue weighted by atomic mass is 9.98. The summed E-state index contributed by atoms with van der Waals surface area (Å²) < 4.78 is 1.86. The minimum atomic E-state index is -0.678. The van der Waals surface area contributed by atoms with Crippen LogP contribution in [0.25, 0.3) is 0 Å². The van der Waals surface area contributed by atoms with Gasteiger partial charge in [-0.2, -0.15) is 5.10 Å². The van der Waals surface area contributed by atoms with Gasteiger partial charge in [-0.3, -0.25) is 19.2 Å². The molecule has 2 heterocycles. The molecule has 1 aliphatic heterocycles. The molecule has 1 aliphatic carbocycles. The molecule has 0 bridgehead atoms. The largest absolute Gasteiger partial charge is 0.352 e. The van der Waals surface area contributed by atoms with Crippen molar-refractivity contribution >= 4 is 17.8 Å². The first-order valence-corrected chi connectivity index (χ1v) is 10.5. The van der Waals surface area contributed by atoms with E-state index in [1.807, 2.05) is 41.2 Å². The van der Waals surface area contributed by atoms with Gasteiger partial charge in [-0.15, -0.1) is 0 Å². The lowest BCUT2D eigenvalue weighted by Gasteiger charge is -2.19. The molecule has 2 N–H and O–H groups in total. The zero-order valence-electron chi connectivity index (χ0n) is 17.0. The fourth-order valence-electron chi connectivity index (χ4n) is 4.23. The van der Waals surface area contributed by atoms with Gasteiger partial charge >= 0.3 is 6.03 Å². The van der Waals surface area contributed by atoms with Crippen LogP contribution in [0.5, 0.6) is 0 Å². The van der Waals surface area contributed by atoms with Crippen molar-refractivity contribution in [1.82, 2.24) is 25.3 Å². The van der Waals surface area contributed by atoms with Gasteiger partial charge in [-0.1, -0.05) is 37.1 Å². The zero-order chi connectivity index (χ0) is 21.0. The van der Waals surface area contributed by atoms with Crippen molar-refractivity contribution in [3.8, 4) is 0 Å². The number of hydrogen-bond acceptors (Lipinski definition) is 4. The normalized spacial score (nSPS) is 17.5. The molecule has 2 aromatic rings. The number of carbonyl (C=O) groups excluding carboxylic acids is 3. The summed E-state index contributed by atoms with van der Waals surface area (Å²) in [6.07, 6.45) is 7.78. The van der Waals surface area contributed by atoms with Gasteiger partial charge in [0.1, 0.15) is 5.54 Å². The summed E-state index contributed by atoms with van der Waals surface area (Å²) in [5.41, 5.74) is 1.48. The van der Waals surface area contributed by atoms with Crippen LogP contribution >= 0.6 is 0 Å². The van der Waals surface area contributed by atoms with Gasteiger partial charge in [0.05, 0.1) is 6.54 Å². The number of imide groups is 1. The van der Waals surface area contributed by atoms with Crippen molar-refractivity contribution in [2.75, 3.05) is 6.54 Å². The second-order valence-corrected chi connectivity index (χ2v) is 8.08. The van der Waals surface area contributed by atoms with E-state index in [0.717, 1.165) is 36.8 Å². The predicted octanol–water partition coefficient (Wildman–Crippen LogP) is 2.19. The summed E-state index contributed by atoms with van der Waals surface area (Å²) in [4.78, 5) is 38.2. The van der Waals surface area contributed by atoms with E-state index in [4.69, 9.17) is 0 Å². The van der Waals surface area contributed by atoms with Crippen molar-refractivity contribution in [3.63, 3.8) is 0 Å². The second-order valence-electron chi connectivity index (χ2n) is 8.08. The maximum atomic E-state index is 12.6. The van der Waals surface area contributed by atoms with Crippen LogP contribution in [0.15, 0.2) is 42.7 Å². The van der Waals surface area contributed by atoms with E-state index >= 15 is 0 Å². The number of hydrogen-bond donors (Lipinski definition) is 2. The van der Waals surface area contributed by atoms with Crippen LogP contribution in [0.4, 0.5) is 4.79 Å². The van der Waals surface area contributed by atoms with Crippen LogP contribution < -0.4 is 10.6 Å². The summed E-state index contributed by atoms with van der Waals surface area (Å²) in [7, 11) is 0. The minimum absolute atomic E-state index is 0.0850. The number of aromatic nitrogens is 2. The minimum Gasteiger partial charge on any atom is -0.352 e. The van der Waals surface area contributed by atoms with Gasteiger partial charge in [0.15, 0.2) is 0 Å². The Morgan fingerprint density at radius 2 is 1.87 bits per heavy atom. The summed E-state index contributed by atoms with van der Waals surface area (Å²) in [6, 6.07) is 9.61. The number of rotatable bonds is 8. The smallest absolute Gasteiger partial charge is 0.325 e. The summed E-state index contributed by atoms with van der Waals surface area (Å²) in [5.74, 6) is -0.209. The van der Waals surface area contributed by atoms with Gasteiger partial charge in [0.2, 0.25) is 5.91 Å². The highest BCUT2D eigenvalue weighted by molar-refractivity contribution is 6.07. The molecule has 1 aromatic carbocycles. The Morgan fingerprint density at radius 3 is 2.57 bits per heavy atom. The van der Waals surface area contributed by atoms with Gasteiger partial charge < -0.3 is 10.6 Å². The van der Waals surface area contributed by atoms with Crippen LogP contribution in [-0.2, 0) is 22.7 Å². The molecule has 4 rings (SSSR count). The quantitative estimate of drug-likeness (QED) is 0.653. The van der Waals surface area contributed by atoms with Crippen LogP contribution in [0.2, 0.25) is 0 Å². The molecule has 1 spiro atoms. The molecule has 8 nitrogen and oxygen atoms in total. The molecule has 1 saturated heterocycles. The number of carbonyl (C=O) groups is 3. The van der Waals surface area contributed by atoms with Crippen molar-refractivity contribution in [1.29, 1.82) is 0 Å². The van der Waals surface area contributed by atoms with E-state index < -0.39 is 5.54 Å². The van der Waals surface area contributed by atoms with Crippen LogP contribution in [0, 0.1) is 0 Å². The van der Waals surface area contributed by atoms with Crippen molar-refractivity contribution in [2.24, 2.45) is 0 Å². The Labute approximate surface area is 175 Å². The van der Waals surface area contributed by atoms with Crippen molar-refractivity contribution < 1.29 is 14.4 Å². The molecular formula is C22H27N5O3. The van der Waals surface area contributed by atoms with Gasteiger partial charge in [0.25, 0.3) is 5.91 Å². The van der Waals surface area contributed by atoms with E-state index in [1.165, 1.54) is 4.90 Å². The fraction of sp³-hybridized carbons (Fsp3) is 0.455. The Hall–Kier alpha value is -3.16. The number of amides is 4. The SMILES string of the molecule is O=C(CCCN1C(=O)NC2(CCCC2)C1=O)NCc1ccc(Cn2cccn2)cc1. The average Bonchev–Trinajstić information content (AvgIpc) is 3.47. The van der Waals surface area contributed by atoms with Gasteiger partial charge in [-0.05, 0) is 36.5 Å². The number of nitrogens with one attached hydrogen (secondary N) is 2. The third kappa shape index (κ3) is 4.37. The summed E-state index contributed by atoms with van der Waals surface area (Å²) in [6.45, 7) is 1.44. The molecule has 158 valence electrons. The second kappa shape index (κ2) is 8.69. The summed E-state index contributed by atoms with van der Waals surface area (Å²) >= 11 is 0. The molecule has 8 heteroatoms. The monoisotopic (exact) mass is 409 g/mol. The maximum Gasteiger partial charge on any atom is 0.325 e. The molecular weight excluding hydrogens is 382 g/mol. The highest BCUT2D eigenvalue weighted by Crippen LogP contribution is 2.35. The standard InChI is InChI=1S/C22H27N5O3/c28-19(5-3-14-27-20(29)22(25-21(27)30)10-1-2-11-22)23-15-17-6-8-18(9-7-17)16-26-13-4-12-24-26/h4,6-9,12-13H,1-3,5,10-11,14-16H2,(H,23,28)(H,25,30). The van der Waals surface area contributed by atoms with Gasteiger partial charge in [-0.25, -0.2) is 4.79 Å². The Balaban J connectivity index is 1.18. The number of benzene rings is 1. The number of urea groups is 1. The van der Waals surface area contributed by atoms with E-state index in [-0.39, 0.29) is 30.8 Å². The van der Waals surface area contributed by atoms with Gasteiger partial charge in [0, 0.05) is 31.9 Å². The van der Waals surface area contributed by atoms with E-state index in [9.17, 15) is 14.4 Å². The topological polar surface area (TPSA) is 96.3 Å². The number of nitrogens with zero attached hydrogens (tertiary/aromatic N) is 3. The Bertz CT molecular complexity index is 901. The lowest BCUT2D eigenvalue weighted by Crippen LogP contribution is -2.44. The average molecular weight is 409 g/mol. The van der Waals surface area contributed by atoms with Crippen molar-refractivity contribution in [3.05, 3.63) is 53.9 Å². The highest BCUT2D eigenvalue weighted by Gasteiger charge is 2.51. The molecule has 1 aromatic heterocycles. The first-order chi connectivity index (χ1) is 14.6. The first kappa shape index (κ1) is 20.1. The fourth-order valence-corrected chi connectivity index (χ4v) is 4.23. The van der Waals surface area contributed by atoms with E-state index in [1.54, 1.807) is 6.20 Å². The third-order valence-electron chi connectivity index (χ3n) is 5.90. The Morgan fingerprint density at radius 1 is 1.13 bits per heavy atom. The molecule has 30 heavy (non-hydrogen) atoms. The maximum absolute atomic E-state index is 12.6. The molecule has 0 unspecified atom stereocenters. The molecule has 1 saturated carbocycles. The third-order valence-corrected chi connectivity index (χ3v) is 5.90.